The largest absolute Gasteiger partial charge is 0.493 e. The van der Waals surface area contributed by atoms with Crippen molar-refractivity contribution in [3.63, 3.8) is 0 Å². The van der Waals surface area contributed by atoms with Crippen LogP contribution in [-0.2, 0) is 6.42 Å². The van der Waals surface area contributed by atoms with E-state index in [2.05, 4.69) is 35.0 Å². The molecule has 0 spiro atoms. The average molecular weight is 326 g/mol. The first-order valence-corrected chi connectivity index (χ1v) is 8.15. The van der Waals surface area contributed by atoms with Crippen molar-refractivity contribution < 1.29 is 4.74 Å². The summed E-state index contributed by atoms with van der Waals surface area (Å²) >= 11 is 3.59. The second-order valence-electron chi connectivity index (χ2n) is 5.59. The zero-order valence-corrected chi connectivity index (χ0v) is 13.3. The van der Waals surface area contributed by atoms with E-state index in [0.29, 0.717) is 0 Å². The van der Waals surface area contributed by atoms with Gasteiger partial charge < -0.3 is 10.5 Å². The van der Waals surface area contributed by atoms with Crippen LogP contribution in [0.25, 0.3) is 0 Å². The number of benzene rings is 1. The Balaban J connectivity index is 1.94. The van der Waals surface area contributed by atoms with Gasteiger partial charge in [-0.05, 0) is 55.4 Å². The van der Waals surface area contributed by atoms with E-state index >= 15 is 0 Å². The Labute approximate surface area is 124 Å². The molecule has 1 aliphatic rings. The summed E-state index contributed by atoms with van der Waals surface area (Å²) in [6.07, 6.45) is 7.28. The molecule has 106 valence electrons. The lowest BCUT2D eigenvalue weighted by atomic mass is 10.0. The van der Waals surface area contributed by atoms with Crippen molar-refractivity contribution >= 4 is 15.9 Å². The Morgan fingerprint density at radius 3 is 2.79 bits per heavy atom. The van der Waals surface area contributed by atoms with Gasteiger partial charge in [-0.15, -0.1) is 0 Å². The van der Waals surface area contributed by atoms with E-state index in [4.69, 9.17) is 10.5 Å². The molecule has 0 aromatic heterocycles. The third-order valence-corrected chi connectivity index (χ3v) is 4.76. The summed E-state index contributed by atoms with van der Waals surface area (Å²) in [5, 5.41) is 0. The molecular formula is C16H24BrNO. The molecule has 0 bridgehead atoms. The van der Waals surface area contributed by atoms with Crippen LogP contribution in [0.4, 0.5) is 0 Å². The fourth-order valence-corrected chi connectivity index (χ4v) is 3.02. The highest BCUT2D eigenvalue weighted by atomic mass is 79.9. The molecule has 0 aliphatic heterocycles. The number of hydrogen-bond acceptors (Lipinski definition) is 2. The number of nitrogens with two attached hydrogens (primary N) is 1. The summed E-state index contributed by atoms with van der Waals surface area (Å²) in [5.74, 6) is 1.73. The molecule has 1 unspecified atom stereocenters. The van der Waals surface area contributed by atoms with Crippen molar-refractivity contribution in [2.24, 2.45) is 11.7 Å². The summed E-state index contributed by atoms with van der Waals surface area (Å²) in [6.45, 7) is 2.99. The first-order chi connectivity index (χ1) is 9.19. The molecule has 3 heteroatoms. The van der Waals surface area contributed by atoms with Crippen LogP contribution in [0.5, 0.6) is 5.75 Å². The highest BCUT2D eigenvalue weighted by Crippen LogP contribution is 2.27. The highest BCUT2D eigenvalue weighted by Gasteiger charge is 2.15. The van der Waals surface area contributed by atoms with Gasteiger partial charge in [-0.25, -0.2) is 0 Å². The van der Waals surface area contributed by atoms with Gasteiger partial charge in [0.25, 0.3) is 0 Å². The van der Waals surface area contributed by atoms with Gasteiger partial charge in [0.15, 0.2) is 0 Å². The van der Waals surface area contributed by atoms with Gasteiger partial charge in [0.05, 0.1) is 6.61 Å². The van der Waals surface area contributed by atoms with Crippen LogP contribution in [0.3, 0.4) is 0 Å². The normalized spacial score (nSPS) is 17.6. The predicted octanol–water partition coefficient (Wildman–Crippen LogP) is 4.30. The van der Waals surface area contributed by atoms with Crippen LogP contribution in [0.1, 0.15) is 44.6 Å². The minimum Gasteiger partial charge on any atom is -0.493 e. The van der Waals surface area contributed by atoms with E-state index in [0.717, 1.165) is 35.6 Å². The fourth-order valence-electron chi connectivity index (χ4n) is 2.62. The Morgan fingerprint density at radius 2 is 2.11 bits per heavy atom. The Morgan fingerprint density at radius 1 is 1.37 bits per heavy atom. The smallest absolute Gasteiger partial charge is 0.119 e. The Kier molecular flexibility index (Phi) is 5.71. The van der Waals surface area contributed by atoms with E-state index in [1.807, 2.05) is 6.07 Å². The average Bonchev–Trinajstić information content (AvgIpc) is 2.92. The maximum absolute atomic E-state index is 6.04. The van der Waals surface area contributed by atoms with Gasteiger partial charge in [0, 0.05) is 10.5 Å². The van der Waals surface area contributed by atoms with Gasteiger partial charge in [-0.2, -0.15) is 0 Å². The first kappa shape index (κ1) is 14.9. The van der Waals surface area contributed by atoms with E-state index in [-0.39, 0.29) is 6.04 Å². The van der Waals surface area contributed by atoms with Crippen molar-refractivity contribution in [2.45, 2.75) is 51.5 Å². The molecule has 1 saturated carbocycles. The number of ether oxygens (including phenoxy) is 1. The van der Waals surface area contributed by atoms with Crippen molar-refractivity contribution in [1.29, 1.82) is 0 Å². The van der Waals surface area contributed by atoms with Gasteiger partial charge in [0.1, 0.15) is 5.75 Å². The van der Waals surface area contributed by atoms with E-state index in [1.165, 1.54) is 31.2 Å². The van der Waals surface area contributed by atoms with Gasteiger partial charge in [-0.3, -0.25) is 0 Å². The molecule has 1 aliphatic carbocycles. The second-order valence-corrected chi connectivity index (χ2v) is 6.44. The van der Waals surface area contributed by atoms with Crippen molar-refractivity contribution in [3.05, 3.63) is 28.2 Å². The van der Waals surface area contributed by atoms with Gasteiger partial charge in [-0.1, -0.05) is 35.7 Å². The molecule has 0 saturated heterocycles. The minimum absolute atomic E-state index is 0.224. The molecule has 1 aromatic carbocycles. The van der Waals surface area contributed by atoms with Crippen LogP contribution >= 0.6 is 15.9 Å². The molecule has 0 heterocycles. The Hall–Kier alpha value is -0.540. The van der Waals surface area contributed by atoms with Crippen LogP contribution in [0.2, 0.25) is 0 Å². The van der Waals surface area contributed by atoms with Crippen LogP contribution in [0, 0.1) is 5.92 Å². The lowest BCUT2D eigenvalue weighted by Gasteiger charge is -2.14. The summed E-state index contributed by atoms with van der Waals surface area (Å²) < 4.78 is 7.07. The third-order valence-electron chi connectivity index (χ3n) is 3.98. The predicted molar refractivity (Wildman–Crippen MR) is 83.6 cm³/mol. The number of hydrogen-bond donors (Lipinski definition) is 1. The zero-order chi connectivity index (χ0) is 13.7. The molecule has 2 rings (SSSR count). The summed E-state index contributed by atoms with van der Waals surface area (Å²) in [6, 6.07) is 6.47. The standard InChI is InChI=1S/C16H24BrNO/c1-2-14(18)9-13-10-15(7-8-16(13)17)19-11-12-5-3-4-6-12/h7-8,10,12,14H,2-6,9,11,18H2,1H3. The van der Waals surface area contributed by atoms with Crippen molar-refractivity contribution in [3.8, 4) is 5.75 Å². The molecule has 2 N–H and O–H groups in total. The van der Waals surface area contributed by atoms with Crippen LogP contribution in [0.15, 0.2) is 22.7 Å². The zero-order valence-electron chi connectivity index (χ0n) is 11.7. The quantitative estimate of drug-likeness (QED) is 0.846. The fraction of sp³-hybridized carbons (Fsp3) is 0.625. The molecule has 0 radical (unpaired) electrons. The summed E-state index contributed by atoms with van der Waals surface area (Å²) in [4.78, 5) is 0. The molecule has 19 heavy (non-hydrogen) atoms. The molecular weight excluding hydrogens is 302 g/mol. The molecule has 0 amide bonds. The number of halogens is 1. The minimum atomic E-state index is 0.224. The van der Waals surface area contributed by atoms with Crippen molar-refractivity contribution in [2.75, 3.05) is 6.61 Å². The summed E-state index contributed by atoms with van der Waals surface area (Å²) in [7, 11) is 0. The molecule has 1 atom stereocenters. The SMILES string of the molecule is CCC(N)Cc1cc(OCC2CCCC2)ccc1Br. The van der Waals surface area contributed by atoms with E-state index in [1.54, 1.807) is 0 Å². The maximum atomic E-state index is 6.04. The number of rotatable bonds is 6. The van der Waals surface area contributed by atoms with Crippen LogP contribution < -0.4 is 10.5 Å². The van der Waals surface area contributed by atoms with Crippen LogP contribution in [-0.4, -0.2) is 12.6 Å². The second kappa shape index (κ2) is 7.30. The molecule has 2 nitrogen and oxygen atoms in total. The third kappa shape index (κ3) is 4.50. The molecule has 1 aromatic rings. The van der Waals surface area contributed by atoms with E-state index < -0.39 is 0 Å². The maximum Gasteiger partial charge on any atom is 0.119 e. The lowest BCUT2D eigenvalue weighted by Crippen LogP contribution is -2.21. The van der Waals surface area contributed by atoms with Gasteiger partial charge >= 0.3 is 0 Å². The first-order valence-electron chi connectivity index (χ1n) is 7.36. The lowest BCUT2D eigenvalue weighted by molar-refractivity contribution is 0.252. The van der Waals surface area contributed by atoms with Gasteiger partial charge in [0.2, 0.25) is 0 Å². The van der Waals surface area contributed by atoms with E-state index in [9.17, 15) is 0 Å². The Bertz CT molecular complexity index is 402. The summed E-state index contributed by atoms with van der Waals surface area (Å²) in [5.41, 5.74) is 7.28. The monoisotopic (exact) mass is 325 g/mol. The van der Waals surface area contributed by atoms with Crippen molar-refractivity contribution in [1.82, 2.24) is 0 Å². The topological polar surface area (TPSA) is 35.2 Å². The highest BCUT2D eigenvalue weighted by molar-refractivity contribution is 9.10. The molecule has 1 fully saturated rings.